The van der Waals surface area contributed by atoms with Gasteiger partial charge in [-0.15, -0.1) is 0 Å². The molecule has 2 N–H and O–H groups in total. The molecule has 1 aromatic rings. The number of nitrogens with zero attached hydrogens (tertiary/aromatic N) is 2. The van der Waals surface area contributed by atoms with Gasteiger partial charge in [0.05, 0.1) is 0 Å². The number of carbonyl (C=O) groups excluding carboxylic acids is 2. The molecule has 0 aromatic carbocycles. The number of ether oxygens (including phenoxy) is 1. The molecule has 0 aliphatic carbocycles. The molecule has 1 atom stereocenters. The van der Waals surface area contributed by atoms with Gasteiger partial charge in [-0.1, -0.05) is 0 Å². The Morgan fingerprint density at radius 3 is 2.48 bits per heavy atom. The van der Waals surface area contributed by atoms with E-state index in [4.69, 9.17) is 4.74 Å². The number of hydrogen-bond acceptors (Lipinski definition) is 6. The number of amides is 3. The molecule has 0 bridgehead atoms. The van der Waals surface area contributed by atoms with Crippen LogP contribution in [0.15, 0.2) is 12.1 Å². The second-order valence-electron chi connectivity index (χ2n) is 5.98. The molecule has 0 saturated carbocycles. The minimum absolute atomic E-state index is 0.139. The van der Waals surface area contributed by atoms with Gasteiger partial charge in [0.25, 0.3) is 5.91 Å². The van der Waals surface area contributed by atoms with Crippen LogP contribution in [0.2, 0.25) is 0 Å². The number of nitrogens with one attached hydrogen (secondary N) is 2. The van der Waals surface area contributed by atoms with Crippen molar-refractivity contribution in [3.8, 4) is 5.75 Å². The van der Waals surface area contributed by atoms with Crippen molar-refractivity contribution in [3.05, 3.63) is 27.9 Å². The molecule has 0 spiro atoms. The Labute approximate surface area is 133 Å². The first kappa shape index (κ1) is 18.3. The highest BCUT2D eigenvalue weighted by Crippen LogP contribution is 2.25. The highest BCUT2D eigenvalue weighted by atomic mass is 16.6. The Bertz CT molecular complexity index is 624. The molecular formula is C14H20N4O5. The molecule has 9 heteroatoms. The van der Waals surface area contributed by atoms with Crippen LogP contribution in [0.3, 0.4) is 0 Å². The number of aryl methyl sites for hydroxylation is 1. The van der Waals surface area contributed by atoms with Crippen molar-refractivity contribution in [2.45, 2.75) is 46.3 Å². The van der Waals surface area contributed by atoms with Crippen LogP contribution < -0.4 is 15.4 Å². The van der Waals surface area contributed by atoms with E-state index in [1.165, 1.54) is 19.1 Å². The van der Waals surface area contributed by atoms with Gasteiger partial charge in [-0.3, -0.25) is 10.1 Å². The number of rotatable bonds is 4. The monoisotopic (exact) mass is 324 g/mol. The van der Waals surface area contributed by atoms with Crippen LogP contribution in [0, 0.1) is 17.0 Å². The van der Waals surface area contributed by atoms with Crippen molar-refractivity contribution < 1.29 is 19.2 Å². The van der Waals surface area contributed by atoms with Gasteiger partial charge >= 0.3 is 11.8 Å². The van der Waals surface area contributed by atoms with Crippen molar-refractivity contribution >= 4 is 17.8 Å². The van der Waals surface area contributed by atoms with Gasteiger partial charge in [0.2, 0.25) is 5.75 Å². The number of aromatic nitrogens is 1. The minimum atomic E-state index is -1.11. The minimum Gasteiger partial charge on any atom is -0.473 e. The van der Waals surface area contributed by atoms with Gasteiger partial charge in [0, 0.05) is 12.5 Å². The Morgan fingerprint density at radius 2 is 1.96 bits per heavy atom. The Kier molecular flexibility index (Phi) is 5.61. The Hall–Kier alpha value is -2.71. The van der Waals surface area contributed by atoms with Gasteiger partial charge in [-0.25, -0.2) is 4.79 Å². The molecular weight excluding hydrogens is 304 g/mol. The molecule has 0 fully saturated rings. The molecule has 0 aliphatic rings. The SMILES string of the molecule is Cc1ccc(O[C@@H](C)C(=O)NC(=O)NC(C)(C)C)c([N+](=O)[O-])n1. The normalized spacial score (nSPS) is 12.2. The summed E-state index contributed by atoms with van der Waals surface area (Å²) >= 11 is 0. The molecule has 3 amide bonds. The lowest BCUT2D eigenvalue weighted by Crippen LogP contribution is -2.50. The van der Waals surface area contributed by atoms with Crippen molar-refractivity contribution in [2.24, 2.45) is 0 Å². The third-order valence-electron chi connectivity index (χ3n) is 2.55. The fraction of sp³-hybridized carbons (Fsp3) is 0.500. The lowest BCUT2D eigenvalue weighted by Gasteiger charge is -2.21. The number of pyridine rings is 1. The molecule has 23 heavy (non-hydrogen) atoms. The van der Waals surface area contributed by atoms with Gasteiger partial charge in [-0.05, 0) is 49.7 Å². The summed E-state index contributed by atoms with van der Waals surface area (Å²) < 4.78 is 5.26. The van der Waals surface area contributed by atoms with E-state index in [0.717, 1.165) is 0 Å². The van der Waals surface area contributed by atoms with E-state index in [-0.39, 0.29) is 5.75 Å². The van der Waals surface area contributed by atoms with E-state index in [1.807, 2.05) is 0 Å². The maximum Gasteiger partial charge on any atom is 0.406 e. The summed E-state index contributed by atoms with van der Waals surface area (Å²) in [5, 5.41) is 15.6. The zero-order chi connectivity index (χ0) is 17.8. The number of hydrogen-bond donors (Lipinski definition) is 2. The second-order valence-corrected chi connectivity index (χ2v) is 5.98. The molecule has 126 valence electrons. The van der Waals surface area contributed by atoms with Gasteiger partial charge in [0.15, 0.2) is 6.10 Å². The first-order valence-corrected chi connectivity index (χ1v) is 6.91. The maximum absolute atomic E-state index is 11.9. The van der Waals surface area contributed by atoms with E-state index in [2.05, 4.69) is 15.6 Å². The summed E-state index contributed by atoms with van der Waals surface area (Å²) in [5.41, 5.74) is -0.0561. The zero-order valence-electron chi connectivity index (χ0n) is 13.7. The topological polar surface area (TPSA) is 123 Å². The third-order valence-corrected chi connectivity index (χ3v) is 2.55. The number of nitro groups is 1. The van der Waals surface area contributed by atoms with Gasteiger partial charge < -0.3 is 20.2 Å². The predicted octanol–water partition coefficient (Wildman–Crippen LogP) is 1.69. The summed E-state index contributed by atoms with van der Waals surface area (Å²) in [4.78, 5) is 37.6. The van der Waals surface area contributed by atoms with Crippen LogP contribution in [-0.2, 0) is 4.79 Å². The first-order valence-electron chi connectivity index (χ1n) is 6.91. The van der Waals surface area contributed by atoms with Gasteiger partial charge in [0.1, 0.15) is 5.69 Å². The average Bonchev–Trinajstić information content (AvgIpc) is 2.38. The Balaban J connectivity index is 2.76. The van der Waals surface area contributed by atoms with Crippen LogP contribution >= 0.6 is 0 Å². The highest BCUT2D eigenvalue weighted by Gasteiger charge is 2.24. The molecule has 0 radical (unpaired) electrons. The number of urea groups is 1. The van der Waals surface area contributed by atoms with Crippen LogP contribution in [0.5, 0.6) is 5.75 Å². The van der Waals surface area contributed by atoms with Crippen LogP contribution in [-0.4, -0.2) is 33.5 Å². The standard InChI is InChI=1S/C14H20N4O5/c1-8-6-7-10(11(15-8)18(21)22)23-9(2)12(19)16-13(20)17-14(3,4)5/h6-7,9H,1-5H3,(H2,16,17,19,20)/t9-/m0/s1. The Morgan fingerprint density at radius 1 is 1.35 bits per heavy atom. The average molecular weight is 324 g/mol. The molecule has 9 nitrogen and oxygen atoms in total. The molecule has 0 unspecified atom stereocenters. The lowest BCUT2D eigenvalue weighted by atomic mass is 10.1. The number of imide groups is 1. The summed E-state index contributed by atoms with van der Waals surface area (Å²) in [6.45, 7) is 8.27. The summed E-state index contributed by atoms with van der Waals surface area (Å²) in [6, 6.07) is 2.22. The fourth-order valence-electron chi connectivity index (χ4n) is 1.58. The maximum atomic E-state index is 11.9. The zero-order valence-corrected chi connectivity index (χ0v) is 13.7. The second kappa shape index (κ2) is 7.03. The predicted molar refractivity (Wildman–Crippen MR) is 82.1 cm³/mol. The molecule has 0 saturated heterocycles. The van der Waals surface area contributed by atoms with Crippen LogP contribution in [0.4, 0.5) is 10.6 Å². The summed E-state index contributed by atoms with van der Waals surface area (Å²) in [6.07, 6.45) is -1.11. The molecule has 1 rings (SSSR count). The van der Waals surface area contributed by atoms with E-state index < -0.39 is 34.3 Å². The van der Waals surface area contributed by atoms with E-state index >= 15 is 0 Å². The van der Waals surface area contributed by atoms with Gasteiger partial charge in [-0.2, -0.15) is 0 Å². The van der Waals surface area contributed by atoms with Crippen molar-refractivity contribution in [1.29, 1.82) is 0 Å². The quantitative estimate of drug-likeness (QED) is 0.641. The van der Waals surface area contributed by atoms with Crippen molar-refractivity contribution in [2.75, 3.05) is 0 Å². The summed E-state index contributed by atoms with van der Waals surface area (Å²) in [7, 11) is 0. The molecule has 0 aliphatic heterocycles. The lowest BCUT2D eigenvalue weighted by molar-refractivity contribution is -0.390. The van der Waals surface area contributed by atoms with E-state index in [9.17, 15) is 19.7 Å². The fourth-order valence-corrected chi connectivity index (χ4v) is 1.58. The number of carbonyl (C=O) groups is 2. The third kappa shape index (κ3) is 5.89. The van der Waals surface area contributed by atoms with Crippen molar-refractivity contribution in [3.63, 3.8) is 0 Å². The van der Waals surface area contributed by atoms with E-state index in [0.29, 0.717) is 5.69 Å². The van der Waals surface area contributed by atoms with Crippen LogP contribution in [0.25, 0.3) is 0 Å². The molecule has 1 aromatic heterocycles. The first-order chi connectivity index (χ1) is 10.5. The van der Waals surface area contributed by atoms with Crippen LogP contribution in [0.1, 0.15) is 33.4 Å². The van der Waals surface area contributed by atoms with E-state index in [1.54, 1.807) is 27.7 Å². The summed E-state index contributed by atoms with van der Waals surface area (Å²) in [5.74, 6) is -1.34. The van der Waals surface area contributed by atoms with Crippen molar-refractivity contribution in [1.82, 2.24) is 15.6 Å². The molecule has 1 heterocycles. The highest BCUT2D eigenvalue weighted by molar-refractivity contribution is 5.96. The smallest absolute Gasteiger partial charge is 0.406 e. The largest absolute Gasteiger partial charge is 0.473 e.